The molecule has 1 aromatic rings. The van der Waals surface area contributed by atoms with Gasteiger partial charge in [0, 0.05) is 4.88 Å². The molecule has 2 aliphatic rings. The second kappa shape index (κ2) is 7.43. The number of aliphatic hydroxyl groups excluding tert-OH is 1. The zero-order chi connectivity index (χ0) is 18.0. The summed E-state index contributed by atoms with van der Waals surface area (Å²) < 4.78 is 5.49. The molecule has 3 unspecified atom stereocenters. The highest BCUT2D eigenvalue weighted by atomic mass is 32.1. The Morgan fingerprint density at radius 1 is 1.40 bits per heavy atom. The number of hydrogen-bond donors (Lipinski definition) is 2. The van der Waals surface area contributed by atoms with E-state index in [1.54, 1.807) is 11.3 Å². The van der Waals surface area contributed by atoms with Crippen molar-refractivity contribution in [1.82, 2.24) is 10.2 Å². The first kappa shape index (κ1) is 18.4. The van der Waals surface area contributed by atoms with Crippen LogP contribution in [0.2, 0.25) is 0 Å². The second-order valence-electron chi connectivity index (χ2n) is 7.20. The van der Waals surface area contributed by atoms with E-state index in [9.17, 15) is 14.7 Å². The first-order valence-electron chi connectivity index (χ1n) is 8.87. The minimum Gasteiger partial charge on any atom is -0.389 e. The Morgan fingerprint density at radius 2 is 2.12 bits per heavy atom. The molecule has 0 bridgehead atoms. The number of aliphatic hydroxyl groups is 1. The molecule has 2 N–H and O–H groups in total. The van der Waals surface area contributed by atoms with Crippen LogP contribution in [-0.2, 0) is 16.1 Å². The molecule has 3 amide bonds. The van der Waals surface area contributed by atoms with Crippen molar-refractivity contribution < 1.29 is 19.4 Å². The van der Waals surface area contributed by atoms with Gasteiger partial charge in [-0.3, -0.25) is 9.69 Å². The average Bonchev–Trinajstić information content (AvgIpc) is 3.16. The molecule has 0 aromatic carbocycles. The van der Waals surface area contributed by atoms with Gasteiger partial charge >= 0.3 is 6.03 Å². The molecule has 2 fully saturated rings. The third kappa shape index (κ3) is 3.45. The van der Waals surface area contributed by atoms with Crippen LogP contribution in [0.15, 0.2) is 17.5 Å². The van der Waals surface area contributed by atoms with Gasteiger partial charge in [-0.05, 0) is 36.1 Å². The van der Waals surface area contributed by atoms with Crippen LogP contribution in [0.1, 0.15) is 38.0 Å². The fourth-order valence-corrected chi connectivity index (χ4v) is 4.71. The van der Waals surface area contributed by atoms with E-state index in [4.69, 9.17) is 4.74 Å². The molecule has 6 nitrogen and oxygen atoms in total. The van der Waals surface area contributed by atoms with Crippen LogP contribution in [0.4, 0.5) is 4.79 Å². The SMILES string of the molecule is CC1CCCC(C)C12NC(=O)N(CC(O)COCc1cccs1)C2=O. The topological polar surface area (TPSA) is 78.9 Å². The molecule has 25 heavy (non-hydrogen) atoms. The number of thiophene rings is 1. The molecule has 138 valence electrons. The van der Waals surface area contributed by atoms with E-state index < -0.39 is 17.7 Å². The van der Waals surface area contributed by atoms with E-state index in [0.717, 1.165) is 29.0 Å². The number of ether oxygens (including phenoxy) is 1. The summed E-state index contributed by atoms with van der Waals surface area (Å²) in [7, 11) is 0. The Labute approximate surface area is 152 Å². The highest BCUT2D eigenvalue weighted by Gasteiger charge is 2.58. The number of carbonyl (C=O) groups is 2. The van der Waals surface area contributed by atoms with Gasteiger partial charge in [-0.15, -0.1) is 11.3 Å². The van der Waals surface area contributed by atoms with Gasteiger partial charge in [0.1, 0.15) is 5.54 Å². The monoisotopic (exact) mass is 366 g/mol. The summed E-state index contributed by atoms with van der Waals surface area (Å²) in [6.07, 6.45) is 2.04. The molecule has 1 saturated heterocycles. The Balaban J connectivity index is 1.58. The summed E-state index contributed by atoms with van der Waals surface area (Å²) in [6.45, 7) is 4.53. The summed E-state index contributed by atoms with van der Waals surface area (Å²) in [4.78, 5) is 27.6. The summed E-state index contributed by atoms with van der Waals surface area (Å²) in [5, 5.41) is 15.1. The van der Waals surface area contributed by atoms with Gasteiger partial charge in [0.2, 0.25) is 0 Å². The number of rotatable bonds is 6. The molecular weight excluding hydrogens is 340 g/mol. The second-order valence-corrected chi connectivity index (χ2v) is 8.23. The maximum Gasteiger partial charge on any atom is 0.325 e. The van der Waals surface area contributed by atoms with Crippen LogP contribution in [-0.4, -0.2) is 46.7 Å². The molecule has 3 rings (SSSR count). The third-order valence-corrected chi connectivity index (χ3v) is 6.36. The predicted molar refractivity (Wildman–Crippen MR) is 95.1 cm³/mol. The molecule has 1 spiro atoms. The van der Waals surface area contributed by atoms with Crippen LogP contribution in [0, 0.1) is 11.8 Å². The van der Waals surface area contributed by atoms with Crippen LogP contribution < -0.4 is 5.32 Å². The molecule has 3 atom stereocenters. The molecule has 0 radical (unpaired) electrons. The largest absolute Gasteiger partial charge is 0.389 e. The number of nitrogens with zero attached hydrogens (tertiary/aromatic N) is 1. The molecule has 2 heterocycles. The summed E-state index contributed by atoms with van der Waals surface area (Å²) in [5.74, 6) is 0.00403. The quantitative estimate of drug-likeness (QED) is 0.758. The van der Waals surface area contributed by atoms with E-state index in [0.29, 0.717) is 6.61 Å². The molecule has 1 saturated carbocycles. The number of carbonyl (C=O) groups excluding carboxylic acids is 2. The van der Waals surface area contributed by atoms with Crippen molar-refractivity contribution in [1.29, 1.82) is 0 Å². The fraction of sp³-hybridized carbons (Fsp3) is 0.667. The van der Waals surface area contributed by atoms with Crippen LogP contribution in [0.25, 0.3) is 0 Å². The van der Waals surface area contributed by atoms with Gasteiger partial charge in [0.15, 0.2) is 0 Å². The lowest BCUT2D eigenvalue weighted by Gasteiger charge is -2.42. The van der Waals surface area contributed by atoms with Crippen LogP contribution in [0.5, 0.6) is 0 Å². The zero-order valence-electron chi connectivity index (χ0n) is 14.7. The minimum absolute atomic E-state index is 0.0315. The lowest BCUT2D eigenvalue weighted by molar-refractivity contribution is -0.137. The minimum atomic E-state index is -0.890. The standard InChI is InChI=1S/C18H26N2O4S/c1-12-5-3-6-13(2)18(12)16(22)20(17(23)19-18)9-14(21)10-24-11-15-7-4-8-25-15/h4,7-8,12-14,21H,3,5-6,9-11H2,1-2H3,(H,19,23). The molecule has 1 aromatic heterocycles. The first-order chi connectivity index (χ1) is 11.9. The third-order valence-electron chi connectivity index (χ3n) is 5.51. The Bertz CT molecular complexity index is 609. The highest BCUT2D eigenvalue weighted by Crippen LogP contribution is 2.42. The van der Waals surface area contributed by atoms with Gasteiger partial charge in [0.25, 0.3) is 5.91 Å². The number of nitrogens with one attached hydrogen (secondary N) is 1. The van der Waals surface area contributed by atoms with Gasteiger partial charge in [0.05, 0.1) is 25.9 Å². The lowest BCUT2D eigenvalue weighted by atomic mass is 9.67. The van der Waals surface area contributed by atoms with E-state index in [2.05, 4.69) is 5.32 Å². The van der Waals surface area contributed by atoms with Crippen molar-refractivity contribution in [2.45, 2.75) is 51.4 Å². The number of urea groups is 1. The predicted octanol–water partition coefficient (Wildman–Crippen LogP) is 2.37. The van der Waals surface area contributed by atoms with Crippen molar-refractivity contribution in [2.24, 2.45) is 11.8 Å². The van der Waals surface area contributed by atoms with Gasteiger partial charge in [-0.1, -0.05) is 26.3 Å². The normalized spacial score (nSPS) is 30.8. The molecule has 1 aliphatic carbocycles. The highest BCUT2D eigenvalue weighted by molar-refractivity contribution is 7.09. The lowest BCUT2D eigenvalue weighted by Crippen LogP contribution is -2.59. The number of hydrogen-bond acceptors (Lipinski definition) is 5. The number of imide groups is 1. The van der Waals surface area contributed by atoms with Crippen molar-refractivity contribution in [2.75, 3.05) is 13.2 Å². The van der Waals surface area contributed by atoms with Gasteiger partial charge in [-0.2, -0.15) is 0 Å². The maximum absolute atomic E-state index is 13.0. The van der Waals surface area contributed by atoms with Crippen molar-refractivity contribution in [3.05, 3.63) is 22.4 Å². The first-order valence-corrected chi connectivity index (χ1v) is 9.75. The number of amides is 3. The molecular formula is C18H26N2O4S. The van der Waals surface area contributed by atoms with Crippen LogP contribution in [0.3, 0.4) is 0 Å². The molecule has 1 aliphatic heterocycles. The average molecular weight is 366 g/mol. The van der Waals surface area contributed by atoms with Crippen molar-refractivity contribution in [3.8, 4) is 0 Å². The summed E-state index contributed by atoms with van der Waals surface area (Å²) in [5.41, 5.74) is -0.813. The summed E-state index contributed by atoms with van der Waals surface area (Å²) in [6, 6.07) is 3.51. The number of β-amino-alcohol motifs (C(OH)–C–C–N with tert-alkyl or cyclic N) is 1. The maximum atomic E-state index is 13.0. The Morgan fingerprint density at radius 3 is 2.76 bits per heavy atom. The Hall–Kier alpha value is -1.44. The van der Waals surface area contributed by atoms with Gasteiger partial charge in [-0.25, -0.2) is 4.79 Å². The van der Waals surface area contributed by atoms with E-state index in [1.165, 1.54) is 0 Å². The zero-order valence-corrected chi connectivity index (χ0v) is 15.6. The van der Waals surface area contributed by atoms with E-state index in [1.807, 2.05) is 31.4 Å². The summed E-state index contributed by atoms with van der Waals surface area (Å²) >= 11 is 1.59. The fourth-order valence-electron chi connectivity index (χ4n) is 4.07. The van der Waals surface area contributed by atoms with Crippen LogP contribution >= 0.6 is 11.3 Å². The van der Waals surface area contributed by atoms with E-state index in [-0.39, 0.29) is 30.9 Å². The van der Waals surface area contributed by atoms with Crippen molar-refractivity contribution >= 4 is 23.3 Å². The van der Waals surface area contributed by atoms with E-state index >= 15 is 0 Å². The van der Waals surface area contributed by atoms with Gasteiger partial charge < -0.3 is 15.2 Å². The van der Waals surface area contributed by atoms with Crippen molar-refractivity contribution in [3.63, 3.8) is 0 Å². The molecule has 7 heteroatoms. The Kier molecular flexibility index (Phi) is 5.46. The smallest absolute Gasteiger partial charge is 0.325 e.